The lowest BCUT2D eigenvalue weighted by Gasteiger charge is -2.32. The average Bonchev–Trinajstić information content (AvgIpc) is 2.60. The number of anilines is 1. The van der Waals surface area contributed by atoms with Crippen molar-refractivity contribution in [2.45, 2.75) is 12.8 Å². The van der Waals surface area contributed by atoms with Crippen LogP contribution < -0.4 is 15.4 Å². The Balaban J connectivity index is 1.82. The van der Waals surface area contributed by atoms with E-state index in [4.69, 9.17) is 4.74 Å². The summed E-state index contributed by atoms with van der Waals surface area (Å²) in [5.41, 5.74) is 0.625. The Morgan fingerprint density at radius 2 is 2.22 bits per heavy atom. The van der Waals surface area contributed by atoms with Gasteiger partial charge in [-0.15, -0.1) is 0 Å². The number of para-hydroxylation sites is 2. The maximum atomic E-state index is 12.0. The minimum Gasteiger partial charge on any atom is -0.495 e. The molecule has 0 unspecified atom stereocenters. The lowest BCUT2D eigenvalue weighted by molar-refractivity contribution is -0.127. The number of nitrogens with one attached hydrogen (secondary N) is 2. The number of carbonyl (C=O) groups is 2. The molecule has 0 saturated carbocycles. The van der Waals surface area contributed by atoms with Crippen molar-refractivity contribution in [3.05, 3.63) is 36.9 Å². The highest BCUT2D eigenvalue weighted by atomic mass is 16.5. The smallest absolute Gasteiger partial charge is 0.319 e. The minimum absolute atomic E-state index is 0.0480. The van der Waals surface area contributed by atoms with Crippen LogP contribution in [0.2, 0.25) is 0 Å². The molecule has 6 nitrogen and oxygen atoms in total. The van der Waals surface area contributed by atoms with Crippen LogP contribution in [-0.2, 0) is 4.79 Å². The van der Waals surface area contributed by atoms with Gasteiger partial charge in [0.15, 0.2) is 0 Å². The second-order valence-electron chi connectivity index (χ2n) is 5.53. The normalized spacial score (nSPS) is 17.3. The number of nitrogens with zero attached hydrogens (tertiary/aromatic N) is 1. The first-order valence-electron chi connectivity index (χ1n) is 7.73. The lowest BCUT2D eigenvalue weighted by atomic mass is 9.98. The fourth-order valence-corrected chi connectivity index (χ4v) is 2.71. The van der Waals surface area contributed by atoms with E-state index < -0.39 is 0 Å². The number of piperidine rings is 1. The number of hydrogen-bond acceptors (Lipinski definition) is 3. The summed E-state index contributed by atoms with van der Waals surface area (Å²) in [4.78, 5) is 25.5. The quantitative estimate of drug-likeness (QED) is 0.818. The summed E-state index contributed by atoms with van der Waals surface area (Å²) < 4.78 is 5.20. The first-order chi connectivity index (χ1) is 11.1. The molecule has 0 spiro atoms. The lowest BCUT2D eigenvalue weighted by Crippen LogP contribution is -2.43. The highest BCUT2D eigenvalue weighted by Crippen LogP contribution is 2.22. The number of carbonyl (C=O) groups excluding carboxylic acids is 2. The Hall–Kier alpha value is -2.50. The van der Waals surface area contributed by atoms with Gasteiger partial charge in [0.2, 0.25) is 5.91 Å². The molecule has 1 saturated heterocycles. The third-order valence-electron chi connectivity index (χ3n) is 3.91. The van der Waals surface area contributed by atoms with Crippen LogP contribution in [0.1, 0.15) is 12.8 Å². The van der Waals surface area contributed by atoms with Crippen molar-refractivity contribution in [2.75, 3.05) is 32.1 Å². The number of hydrogen-bond donors (Lipinski definition) is 2. The van der Waals surface area contributed by atoms with Gasteiger partial charge in [-0.1, -0.05) is 18.7 Å². The van der Waals surface area contributed by atoms with Gasteiger partial charge in [0.05, 0.1) is 12.8 Å². The molecule has 0 aromatic heterocycles. The Kier molecular flexibility index (Phi) is 6.02. The van der Waals surface area contributed by atoms with E-state index >= 15 is 0 Å². The van der Waals surface area contributed by atoms with Crippen LogP contribution in [0.5, 0.6) is 5.75 Å². The SMILES string of the molecule is C=CC(=O)N1CCC[C@@H](CNC(=O)Nc2ccccc2OC)C1. The molecule has 0 radical (unpaired) electrons. The molecule has 6 heteroatoms. The molecule has 2 N–H and O–H groups in total. The maximum absolute atomic E-state index is 12.0. The second-order valence-corrected chi connectivity index (χ2v) is 5.53. The molecule has 3 amide bonds. The molecule has 1 aliphatic heterocycles. The van der Waals surface area contributed by atoms with E-state index in [0.717, 1.165) is 19.4 Å². The van der Waals surface area contributed by atoms with E-state index in [1.54, 1.807) is 24.1 Å². The molecule has 0 aliphatic carbocycles. The molecule has 1 aliphatic rings. The van der Waals surface area contributed by atoms with Gasteiger partial charge in [-0.2, -0.15) is 0 Å². The Bertz CT molecular complexity index is 574. The summed E-state index contributed by atoms with van der Waals surface area (Å²) in [5.74, 6) is 0.826. The number of benzene rings is 1. The summed E-state index contributed by atoms with van der Waals surface area (Å²) >= 11 is 0. The molecule has 2 rings (SSSR count). The number of ether oxygens (including phenoxy) is 1. The number of likely N-dealkylation sites (tertiary alicyclic amines) is 1. The van der Waals surface area contributed by atoms with Gasteiger partial charge in [0.25, 0.3) is 0 Å². The molecule has 1 atom stereocenters. The molecule has 1 heterocycles. The van der Waals surface area contributed by atoms with Crippen LogP contribution in [-0.4, -0.2) is 43.6 Å². The molecule has 0 bridgehead atoms. The van der Waals surface area contributed by atoms with Crippen molar-refractivity contribution in [2.24, 2.45) is 5.92 Å². The summed E-state index contributed by atoms with van der Waals surface area (Å²) in [7, 11) is 1.56. The number of methoxy groups -OCH3 is 1. The van der Waals surface area contributed by atoms with Crippen LogP contribution in [0.3, 0.4) is 0 Å². The highest BCUT2D eigenvalue weighted by molar-refractivity contribution is 5.91. The van der Waals surface area contributed by atoms with Gasteiger partial charge in [-0.05, 0) is 37.0 Å². The maximum Gasteiger partial charge on any atom is 0.319 e. The monoisotopic (exact) mass is 317 g/mol. The largest absolute Gasteiger partial charge is 0.495 e. The second kappa shape index (κ2) is 8.22. The van der Waals surface area contributed by atoms with Crippen molar-refractivity contribution >= 4 is 17.6 Å². The molecule has 1 aromatic rings. The van der Waals surface area contributed by atoms with Gasteiger partial charge in [-0.25, -0.2) is 4.79 Å². The fourth-order valence-electron chi connectivity index (χ4n) is 2.71. The first-order valence-corrected chi connectivity index (χ1v) is 7.73. The van der Waals surface area contributed by atoms with Gasteiger partial charge >= 0.3 is 6.03 Å². The summed E-state index contributed by atoms with van der Waals surface area (Å²) in [6, 6.07) is 6.97. The zero-order chi connectivity index (χ0) is 16.7. The zero-order valence-electron chi connectivity index (χ0n) is 13.4. The van der Waals surface area contributed by atoms with Crippen molar-refractivity contribution < 1.29 is 14.3 Å². The van der Waals surface area contributed by atoms with E-state index in [1.165, 1.54) is 6.08 Å². The molecule has 1 fully saturated rings. The standard InChI is InChI=1S/C17H23N3O3/c1-3-16(21)20-10-6-7-13(12-20)11-18-17(22)19-14-8-4-5-9-15(14)23-2/h3-5,8-9,13H,1,6-7,10-12H2,2H3,(H2,18,19,22)/t13-/m0/s1. The number of rotatable bonds is 5. The van der Waals surface area contributed by atoms with Crippen LogP contribution in [0.4, 0.5) is 10.5 Å². The highest BCUT2D eigenvalue weighted by Gasteiger charge is 2.22. The molecule has 124 valence electrons. The van der Waals surface area contributed by atoms with Crippen LogP contribution >= 0.6 is 0 Å². The molecule has 23 heavy (non-hydrogen) atoms. The van der Waals surface area contributed by atoms with Crippen molar-refractivity contribution in [3.63, 3.8) is 0 Å². The summed E-state index contributed by atoms with van der Waals surface area (Å²) in [6.45, 7) is 5.46. The van der Waals surface area contributed by atoms with Crippen molar-refractivity contribution in [1.82, 2.24) is 10.2 Å². The minimum atomic E-state index is -0.276. The zero-order valence-corrected chi connectivity index (χ0v) is 13.4. The van der Waals surface area contributed by atoms with E-state index in [-0.39, 0.29) is 17.9 Å². The fraction of sp³-hybridized carbons (Fsp3) is 0.412. The van der Waals surface area contributed by atoms with E-state index in [9.17, 15) is 9.59 Å². The topological polar surface area (TPSA) is 70.7 Å². The first kappa shape index (κ1) is 16.9. The number of amides is 3. The summed E-state index contributed by atoms with van der Waals surface area (Å²) in [6.07, 6.45) is 3.28. The molecular weight excluding hydrogens is 294 g/mol. The average molecular weight is 317 g/mol. The van der Waals surface area contributed by atoms with Crippen molar-refractivity contribution in [3.8, 4) is 5.75 Å². The van der Waals surface area contributed by atoms with E-state index in [0.29, 0.717) is 24.5 Å². The number of urea groups is 1. The van der Waals surface area contributed by atoms with Crippen molar-refractivity contribution in [1.29, 1.82) is 0 Å². The van der Waals surface area contributed by atoms with E-state index in [1.807, 2.05) is 12.1 Å². The molecule has 1 aromatic carbocycles. The Morgan fingerprint density at radius 1 is 1.43 bits per heavy atom. The predicted molar refractivity (Wildman–Crippen MR) is 89.5 cm³/mol. The van der Waals surface area contributed by atoms with Crippen LogP contribution in [0.25, 0.3) is 0 Å². The third-order valence-corrected chi connectivity index (χ3v) is 3.91. The van der Waals surface area contributed by atoms with Gasteiger partial charge in [0, 0.05) is 19.6 Å². The van der Waals surface area contributed by atoms with Gasteiger partial charge in [0.1, 0.15) is 5.75 Å². The molecular formula is C17H23N3O3. The Morgan fingerprint density at radius 3 is 2.96 bits per heavy atom. The van der Waals surface area contributed by atoms with Gasteiger partial charge in [-0.3, -0.25) is 4.79 Å². The van der Waals surface area contributed by atoms with Crippen LogP contribution in [0, 0.1) is 5.92 Å². The summed E-state index contributed by atoms with van der Waals surface area (Å²) in [5, 5.41) is 5.63. The Labute approximate surface area is 136 Å². The van der Waals surface area contributed by atoms with Gasteiger partial charge < -0.3 is 20.3 Å². The van der Waals surface area contributed by atoms with E-state index in [2.05, 4.69) is 17.2 Å². The third kappa shape index (κ3) is 4.74. The van der Waals surface area contributed by atoms with Crippen LogP contribution in [0.15, 0.2) is 36.9 Å². The predicted octanol–water partition coefficient (Wildman–Crippen LogP) is 2.24.